The summed E-state index contributed by atoms with van der Waals surface area (Å²) < 4.78 is 25.6. The first-order chi connectivity index (χ1) is 16.6. The van der Waals surface area contributed by atoms with Crippen molar-refractivity contribution in [2.45, 2.75) is 33.0 Å². The molecule has 0 spiro atoms. The van der Waals surface area contributed by atoms with Gasteiger partial charge >= 0.3 is 0 Å². The topological polar surface area (TPSA) is 62.0 Å². The third-order valence-corrected chi connectivity index (χ3v) is 5.56. The third-order valence-electron chi connectivity index (χ3n) is 5.56. The zero-order chi connectivity index (χ0) is 24.3. The monoisotopic (exact) mass is 465 g/mol. The highest BCUT2D eigenvalue weighted by Gasteiger charge is 2.25. The van der Waals surface area contributed by atoms with Gasteiger partial charge in [-0.15, -0.1) is 6.42 Å². The van der Waals surface area contributed by atoms with Crippen LogP contribution in [-0.4, -0.2) is 54.1 Å². The average molecular weight is 466 g/mol. The van der Waals surface area contributed by atoms with Gasteiger partial charge in [0.1, 0.15) is 18.1 Å². The number of aliphatic hydroxyl groups is 1. The summed E-state index contributed by atoms with van der Waals surface area (Å²) >= 11 is 0. The third kappa shape index (κ3) is 6.67. The Bertz CT molecular complexity index is 1060. The molecule has 0 aliphatic rings. The Labute approximate surface area is 200 Å². The number of aliphatic hydroxyl groups excluding tert-OH is 1. The Morgan fingerprint density at radius 1 is 1.09 bits per heavy atom. The molecule has 1 N–H and O–H groups in total. The molecule has 1 aromatic heterocycles. The van der Waals surface area contributed by atoms with Gasteiger partial charge < -0.3 is 19.3 Å². The van der Waals surface area contributed by atoms with Crippen LogP contribution in [-0.2, 0) is 17.8 Å². The Morgan fingerprint density at radius 3 is 2.47 bits per heavy atom. The minimum atomic E-state index is -0.794. The lowest BCUT2D eigenvalue weighted by Crippen LogP contribution is -2.35. The second-order valence-electron chi connectivity index (χ2n) is 7.99. The lowest BCUT2D eigenvalue weighted by molar-refractivity contribution is 0.0241. The van der Waals surface area contributed by atoms with E-state index in [2.05, 4.69) is 29.8 Å². The molecule has 0 bridgehead atoms. The normalized spacial score (nSPS) is 12.0. The first-order valence-corrected chi connectivity index (χ1v) is 11.5. The molecule has 0 saturated carbocycles. The fourth-order valence-electron chi connectivity index (χ4n) is 3.91. The van der Waals surface area contributed by atoms with Crippen LogP contribution in [0, 0.1) is 18.2 Å². The predicted molar refractivity (Wildman–Crippen MR) is 132 cm³/mol. The van der Waals surface area contributed by atoms with E-state index in [-0.39, 0.29) is 25.6 Å². The summed E-state index contributed by atoms with van der Waals surface area (Å²) in [6.45, 7) is 6.80. The van der Waals surface area contributed by atoms with Crippen LogP contribution in [0.2, 0.25) is 0 Å². The minimum Gasteiger partial charge on any atom is -0.389 e. The molecule has 0 radical (unpaired) electrons. The first-order valence-electron chi connectivity index (χ1n) is 11.5. The molecular formula is C27H32FN3O3. The van der Waals surface area contributed by atoms with Crippen molar-refractivity contribution in [2.24, 2.45) is 0 Å². The molecule has 180 valence electrons. The first kappa shape index (κ1) is 25.4. The van der Waals surface area contributed by atoms with Crippen molar-refractivity contribution in [3.63, 3.8) is 0 Å². The van der Waals surface area contributed by atoms with Crippen LogP contribution in [0.5, 0.6) is 0 Å². The molecule has 0 amide bonds. The van der Waals surface area contributed by atoms with E-state index < -0.39 is 6.10 Å². The molecule has 0 aliphatic carbocycles. The Kier molecular flexibility index (Phi) is 9.65. The SMILES string of the molecule is C#CCOCC(O)CN(Cc1ccccc1F)Cc1c(-c2ccccc2)noc1N(CC)CC. The number of halogens is 1. The number of rotatable bonds is 13. The molecule has 2 aromatic carbocycles. The summed E-state index contributed by atoms with van der Waals surface area (Å²) in [5.74, 6) is 2.79. The molecule has 3 aromatic rings. The number of terminal acetylenes is 1. The van der Waals surface area contributed by atoms with Gasteiger partial charge in [-0.2, -0.15) is 0 Å². The van der Waals surface area contributed by atoms with E-state index in [1.165, 1.54) is 6.07 Å². The number of ether oxygens (including phenoxy) is 1. The molecule has 6 nitrogen and oxygen atoms in total. The van der Waals surface area contributed by atoms with Crippen LogP contribution in [0.4, 0.5) is 10.3 Å². The van der Waals surface area contributed by atoms with Gasteiger partial charge in [0.05, 0.1) is 18.3 Å². The predicted octanol–water partition coefficient (Wildman–Crippen LogP) is 4.34. The Balaban J connectivity index is 1.95. The summed E-state index contributed by atoms with van der Waals surface area (Å²) in [6, 6.07) is 16.5. The van der Waals surface area contributed by atoms with Crippen molar-refractivity contribution in [2.75, 3.05) is 37.7 Å². The summed E-state index contributed by atoms with van der Waals surface area (Å²) in [4.78, 5) is 4.08. The lowest BCUT2D eigenvalue weighted by atomic mass is 10.1. The average Bonchev–Trinajstić information content (AvgIpc) is 3.25. The smallest absolute Gasteiger partial charge is 0.232 e. The van der Waals surface area contributed by atoms with Gasteiger partial charge in [-0.05, 0) is 19.9 Å². The number of benzene rings is 2. The maximum atomic E-state index is 14.5. The second kappa shape index (κ2) is 12.9. The van der Waals surface area contributed by atoms with Gasteiger partial charge in [-0.3, -0.25) is 4.90 Å². The molecule has 1 atom stereocenters. The van der Waals surface area contributed by atoms with Gasteiger partial charge in [-0.1, -0.05) is 59.6 Å². The summed E-state index contributed by atoms with van der Waals surface area (Å²) in [5.41, 5.74) is 3.10. The zero-order valence-electron chi connectivity index (χ0n) is 19.8. The maximum Gasteiger partial charge on any atom is 0.232 e. The van der Waals surface area contributed by atoms with Gasteiger partial charge in [0.15, 0.2) is 0 Å². The molecule has 0 aliphatic heterocycles. The van der Waals surface area contributed by atoms with Crippen molar-refractivity contribution in [1.29, 1.82) is 0 Å². The second-order valence-corrected chi connectivity index (χ2v) is 7.99. The van der Waals surface area contributed by atoms with E-state index in [4.69, 9.17) is 15.7 Å². The summed E-state index contributed by atoms with van der Waals surface area (Å²) in [6.07, 6.45) is 4.44. The standard InChI is InChI=1S/C27H32FN3O3/c1-4-16-33-20-23(32)18-30(17-22-14-10-11-15-25(22)28)19-24-26(21-12-8-7-9-13-21)29-34-27(24)31(5-2)6-3/h1,7-15,23,32H,5-6,16-20H2,2-3H3. The quantitative estimate of drug-likeness (QED) is 0.299. The number of anilines is 1. The fraction of sp³-hybridized carbons (Fsp3) is 0.370. The molecular weight excluding hydrogens is 433 g/mol. The number of nitrogens with zero attached hydrogens (tertiary/aromatic N) is 3. The highest BCUT2D eigenvalue weighted by atomic mass is 19.1. The summed E-state index contributed by atoms with van der Waals surface area (Å²) in [5, 5.41) is 15.0. The van der Waals surface area contributed by atoms with Crippen molar-refractivity contribution < 1.29 is 18.8 Å². The molecule has 7 heteroatoms. The Morgan fingerprint density at radius 2 is 1.79 bits per heavy atom. The molecule has 1 unspecified atom stereocenters. The lowest BCUT2D eigenvalue weighted by Gasteiger charge is -2.27. The van der Waals surface area contributed by atoms with Gasteiger partial charge in [0.25, 0.3) is 0 Å². The van der Waals surface area contributed by atoms with Crippen molar-refractivity contribution >= 4 is 5.88 Å². The van der Waals surface area contributed by atoms with Gasteiger partial charge in [-0.25, -0.2) is 4.39 Å². The van der Waals surface area contributed by atoms with Crippen LogP contribution >= 0.6 is 0 Å². The van der Waals surface area contributed by atoms with E-state index in [9.17, 15) is 9.50 Å². The van der Waals surface area contributed by atoms with Crippen molar-refractivity contribution in [1.82, 2.24) is 10.1 Å². The van der Waals surface area contributed by atoms with E-state index >= 15 is 0 Å². The van der Waals surface area contributed by atoms with Crippen LogP contribution in [0.25, 0.3) is 11.3 Å². The number of hydrogen-bond acceptors (Lipinski definition) is 6. The van der Waals surface area contributed by atoms with Crippen molar-refractivity contribution in [3.05, 3.63) is 71.5 Å². The van der Waals surface area contributed by atoms with Gasteiger partial charge in [0.2, 0.25) is 5.88 Å². The van der Waals surface area contributed by atoms with Crippen LogP contribution < -0.4 is 4.90 Å². The van der Waals surface area contributed by atoms with E-state index in [1.807, 2.05) is 35.2 Å². The van der Waals surface area contributed by atoms with Crippen LogP contribution in [0.1, 0.15) is 25.0 Å². The zero-order valence-corrected chi connectivity index (χ0v) is 19.8. The van der Waals surface area contributed by atoms with Crippen molar-refractivity contribution in [3.8, 4) is 23.6 Å². The Hall–Kier alpha value is -3.18. The minimum absolute atomic E-state index is 0.0933. The fourth-order valence-corrected chi connectivity index (χ4v) is 3.91. The van der Waals surface area contributed by atoms with E-state index in [1.54, 1.807) is 18.2 Å². The number of hydrogen-bond donors (Lipinski definition) is 1. The van der Waals surface area contributed by atoms with E-state index in [0.717, 1.165) is 29.9 Å². The van der Waals surface area contributed by atoms with Crippen LogP contribution in [0.3, 0.4) is 0 Å². The van der Waals surface area contributed by atoms with E-state index in [0.29, 0.717) is 24.5 Å². The van der Waals surface area contributed by atoms with Gasteiger partial charge in [0, 0.05) is 43.9 Å². The molecule has 1 heterocycles. The molecule has 3 rings (SSSR count). The van der Waals surface area contributed by atoms with Crippen LogP contribution in [0.15, 0.2) is 59.1 Å². The maximum absolute atomic E-state index is 14.5. The highest BCUT2D eigenvalue weighted by Crippen LogP contribution is 2.33. The molecule has 0 fully saturated rings. The summed E-state index contributed by atoms with van der Waals surface area (Å²) in [7, 11) is 0. The number of aromatic nitrogens is 1. The highest BCUT2D eigenvalue weighted by molar-refractivity contribution is 5.68. The largest absolute Gasteiger partial charge is 0.389 e. The molecule has 34 heavy (non-hydrogen) atoms. The molecule has 0 saturated heterocycles.